The summed E-state index contributed by atoms with van der Waals surface area (Å²) in [5.74, 6) is 1.63. The Morgan fingerprint density at radius 1 is 1.15 bits per heavy atom. The number of benzene rings is 2. The van der Waals surface area contributed by atoms with E-state index >= 15 is 0 Å². The number of hydrogen-bond acceptors (Lipinski definition) is 2. The summed E-state index contributed by atoms with van der Waals surface area (Å²) in [7, 11) is 0. The lowest BCUT2D eigenvalue weighted by atomic mass is 9.78. The molecule has 0 aromatic heterocycles. The van der Waals surface area contributed by atoms with Crippen molar-refractivity contribution in [2.75, 3.05) is 19.6 Å². The smallest absolute Gasteiger partial charge is 0.186 e. The number of fused-ring (bicyclic) bond motifs is 3. The molecule has 0 radical (unpaired) electrons. The molecule has 2 aliphatic rings. The molecule has 0 amide bonds. The van der Waals surface area contributed by atoms with Gasteiger partial charge in [0.05, 0.1) is 4.90 Å². The van der Waals surface area contributed by atoms with Crippen LogP contribution >= 0.6 is 12.4 Å². The van der Waals surface area contributed by atoms with Gasteiger partial charge >= 0.3 is 0 Å². The Bertz CT molecular complexity index is 808. The van der Waals surface area contributed by atoms with Crippen molar-refractivity contribution in [1.82, 2.24) is 4.90 Å². The first-order valence-electron chi connectivity index (χ1n) is 9.12. The van der Waals surface area contributed by atoms with Crippen LogP contribution in [0.1, 0.15) is 47.4 Å². The van der Waals surface area contributed by atoms with Gasteiger partial charge in [0.2, 0.25) is 0 Å². The van der Waals surface area contributed by atoms with E-state index in [1.807, 2.05) is 0 Å². The molecule has 2 aromatic rings. The SMILES string of the molecule is CCN1CC[C@H]2[C@H](c3ccc(S(=O)O)cc3)c3cc(C)ccc3[C@H]2C1.Cl. The summed E-state index contributed by atoms with van der Waals surface area (Å²) in [5, 5.41) is 0. The van der Waals surface area contributed by atoms with Gasteiger partial charge in [-0.05, 0) is 61.2 Å². The van der Waals surface area contributed by atoms with Gasteiger partial charge in [-0.25, -0.2) is 4.21 Å². The van der Waals surface area contributed by atoms with Crippen molar-refractivity contribution in [3.63, 3.8) is 0 Å². The highest BCUT2D eigenvalue weighted by Gasteiger charge is 2.43. The molecule has 5 heteroatoms. The quantitative estimate of drug-likeness (QED) is 0.779. The van der Waals surface area contributed by atoms with Gasteiger partial charge in [0, 0.05) is 18.4 Å². The van der Waals surface area contributed by atoms with E-state index in [1.165, 1.54) is 35.2 Å². The molecule has 0 saturated carbocycles. The van der Waals surface area contributed by atoms with Gasteiger partial charge in [-0.1, -0.05) is 42.8 Å². The van der Waals surface area contributed by atoms with Crippen LogP contribution in [0.2, 0.25) is 0 Å². The summed E-state index contributed by atoms with van der Waals surface area (Å²) >= 11 is -1.91. The minimum atomic E-state index is -1.91. The van der Waals surface area contributed by atoms with Gasteiger partial charge in [-0.3, -0.25) is 0 Å². The summed E-state index contributed by atoms with van der Waals surface area (Å²) in [4.78, 5) is 3.04. The number of rotatable bonds is 3. The standard InChI is InChI=1S/C21H25NO2S.ClH/c1-3-22-11-10-18-20(13-22)17-9-4-14(2)12-19(17)21(18)15-5-7-16(8-6-15)25(23)24;/h4-9,12,18,20-21H,3,10-11,13H2,1-2H3,(H,23,24);1H/t18-,20-,21+;/m1./s1. The molecule has 1 saturated heterocycles. The maximum absolute atomic E-state index is 11.3. The van der Waals surface area contributed by atoms with Crippen molar-refractivity contribution >= 4 is 23.5 Å². The molecule has 1 aliphatic heterocycles. The molecule has 1 unspecified atom stereocenters. The van der Waals surface area contributed by atoms with E-state index in [0.717, 1.165) is 13.1 Å². The fourth-order valence-electron chi connectivity index (χ4n) is 4.80. The second-order valence-corrected chi connectivity index (χ2v) is 8.35. The largest absolute Gasteiger partial charge is 0.303 e. The Labute approximate surface area is 164 Å². The molecule has 1 N–H and O–H groups in total. The molecule has 3 nitrogen and oxygen atoms in total. The molecule has 0 spiro atoms. The van der Waals surface area contributed by atoms with Gasteiger partial charge in [-0.2, -0.15) is 0 Å². The minimum absolute atomic E-state index is 0. The van der Waals surface area contributed by atoms with E-state index in [0.29, 0.717) is 22.6 Å². The fourth-order valence-corrected chi connectivity index (χ4v) is 5.17. The Hall–Kier alpha value is -1.20. The third kappa shape index (κ3) is 3.36. The van der Waals surface area contributed by atoms with Crippen LogP contribution in [-0.4, -0.2) is 33.3 Å². The molecule has 1 fully saturated rings. The number of hydrogen-bond donors (Lipinski definition) is 1. The van der Waals surface area contributed by atoms with Crippen molar-refractivity contribution in [3.8, 4) is 0 Å². The highest BCUT2D eigenvalue weighted by molar-refractivity contribution is 7.79. The number of likely N-dealkylation sites (tertiary alicyclic amines) is 1. The molecule has 1 aliphatic carbocycles. The Balaban J connectivity index is 0.00000196. The zero-order chi connectivity index (χ0) is 17.6. The molecule has 0 bridgehead atoms. The van der Waals surface area contributed by atoms with Crippen molar-refractivity contribution in [3.05, 3.63) is 64.7 Å². The lowest BCUT2D eigenvalue weighted by Gasteiger charge is -2.37. The van der Waals surface area contributed by atoms with Crippen LogP contribution in [0.3, 0.4) is 0 Å². The number of halogens is 1. The number of likely N-dealkylation sites (N-methyl/N-ethyl adjacent to an activating group) is 1. The minimum Gasteiger partial charge on any atom is -0.303 e. The van der Waals surface area contributed by atoms with Crippen molar-refractivity contribution in [1.29, 1.82) is 0 Å². The van der Waals surface area contributed by atoms with Crippen molar-refractivity contribution < 1.29 is 8.76 Å². The molecule has 140 valence electrons. The molecule has 4 atom stereocenters. The lowest BCUT2D eigenvalue weighted by Crippen LogP contribution is -2.38. The van der Waals surface area contributed by atoms with Crippen LogP contribution in [0, 0.1) is 12.8 Å². The summed E-state index contributed by atoms with van der Waals surface area (Å²) in [6, 6.07) is 14.6. The second kappa shape index (κ2) is 7.81. The zero-order valence-electron chi connectivity index (χ0n) is 15.2. The second-order valence-electron chi connectivity index (χ2n) is 7.38. The van der Waals surface area contributed by atoms with Crippen LogP contribution in [0.4, 0.5) is 0 Å². The summed E-state index contributed by atoms with van der Waals surface area (Å²) in [6.45, 7) is 7.84. The molecule has 2 aromatic carbocycles. The molecule has 1 heterocycles. The number of piperidine rings is 1. The van der Waals surface area contributed by atoms with E-state index in [-0.39, 0.29) is 12.4 Å². The summed E-state index contributed by atoms with van der Waals surface area (Å²) < 4.78 is 20.6. The fraction of sp³-hybridized carbons (Fsp3) is 0.429. The summed E-state index contributed by atoms with van der Waals surface area (Å²) in [5.41, 5.74) is 5.56. The van der Waals surface area contributed by atoms with Gasteiger partial charge in [0.25, 0.3) is 0 Å². The zero-order valence-corrected chi connectivity index (χ0v) is 16.9. The van der Waals surface area contributed by atoms with Crippen LogP contribution in [-0.2, 0) is 11.1 Å². The van der Waals surface area contributed by atoms with Gasteiger partial charge < -0.3 is 9.45 Å². The molecular weight excluding hydrogens is 366 g/mol. The first-order chi connectivity index (χ1) is 12.1. The van der Waals surface area contributed by atoms with E-state index in [1.54, 1.807) is 12.1 Å². The average Bonchev–Trinajstić information content (AvgIpc) is 2.94. The van der Waals surface area contributed by atoms with Gasteiger partial charge in [0.15, 0.2) is 11.1 Å². The molecule has 26 heavy (non-hydrogen) atoms. The molecular formula is C21H26ClNO2S. The predicted molar refractivity (Wildman–Crippen MR) is 109 cm³/mol. The van der Waals surface area contributed by atoms with E-state index in [4.69, 9.17) is 0 Å². The maximum atomic E-state index is 11.3. The van der Waals surface area contributed by atoms with Crippen LogP contribution in [0.15, 0.2) is 47.4 Å². The molecule has 4 rings (SSSR count). The lowest BCUT2D eigenvalue weighted by molar-refractivity contribution is 0.167. The third-order valence-corrected chi connectivity index (χ3v) is 6.72. The van der Waals surface area contributed by atoms with Gasteiger partial charge in [-0.15, -0.1) is 12.4 Å². The Morgan fingerprint density at radius 2 is 1.88 bits per heavy atom. The van der Waals surface area contributed by atoms with Crippen molar-refractivity contribution in [2.45, 2.75) is 37.0 Å². The van der Waals surface area contributed by atoms with E-state index < -0.39 is 11.1 Å². The third-order valence-electron chi connectivity index (χ3n) is 6.04. The summed E-state index contributed by atoms with van der Waals surface area (Å²) in [6.07, 6.45) is 1.21. The monoisotopic (exact) mass is 391 g/mol. The normalized spacial score (nSPS) is 25.9. The average molecular weight is 392 g/mol. The van der Waals surface area contributed by atoms with E-state index in [2.05, 4.69) is 49.1 Å². The Morgan fingerprint density at radius 3 is 2.54 bits per heavy atom. The number of nitrogens with zero attached hydrogens (tertiary/aromatic N) is 1. The van der Waals surface area contributed by atoms with Crippen LogP contribution in [0.5, 0.6) is 0 Å². The van der Waals surface area contributed by atoms with Gasteiger partial charge in [0.1, 0.15) is 0 Å². The van der Waals surface area contributed by atoms with Crippen molar-refractivity contribution in [2.24, 2.45) is 5.92 Å². The predicted octanol–water partition coefficient (Wildman–Crippen LogP) is 4.57. The topological polar surface area (TPSA) is 40.5 Å². The first kappa shape index (κ1) is 19.6. The van der Waals surface area contributed by atoms with E-state index in [9.17, 15) is 8.76 Å². The highest BCUT2D eigenvalue weighted by atomic mass is 35.5. The highest BCUT2D eigenvalue weighted by Crippen LogP contribution is 2.53. The van der Waals surface area contributed by atoms with Crippen LogP contribution < -0.4 is 0 Å². The number of aryl methyl sites for hydroxylation is 1. The first-order valence-corrected chi connectivity index (χ1v) is 10.2. The Kier molecular flexibility index (Phi) is 5.88. The maximum Gasteiger partial charge on any atom is 0.186 e. The van der Waals surface area contributed by atoms with Crippen LogP contribution in [0.25, 0.3) is 0 Å².